The zero-order chi connectivity index (χ0) is 13.3. The Hall–Kier alpha value is -0.0839. The minimum Gasteiger partial charge on any atom is -0.497 e. The fraction of sp³-hybridized carbons (Fsp3) is 0. The van der Waals surface area contributed by atoms with Gasteiger partial charge in [-0.25, -0.2) is 0 Å². The van der Waals surface area contributed by atoms with E-state index in [4.69, 9.17) is 10.2 Å². The zero-order valence-electron chi connectivity index (χ0n) is 9.47. The molecule has 0 saturated heterocycles. The number of nitrogens with zero attached hydrogens (tertiary/aromatic N) is 3. The summed E-state index contributed by atoms with van der Waals surface area (Å²) in [6.45, 7) is 0. The topological polar surface area (TPSA) is 170 Å². The van der Waals surface area contributed by atoms with Gasteiger partial charge < -0.3 is 10.2 Å². The molecule has 0 aromatic heterocycles. The number of aromatic hydroxyl groups is 2. The van der Waals surface area contributed by atoms with E-state index in [2.05, 4.69) is 0 Å². The summed E-state index contributed by atoms with van der Waals surface area (Å²) in [5.74, 6) is -2.88. The number of phenolic OH excluding ortho intramolecular Hbond substituents is 2. The summed E-state index contributed by atoms with van der Waals surface area (Å²) in [4.78, 5) is 27.4. The van der Waals surface area contributed by atoms with Gasteiger partial charge in [-0.15, -0.1) is 0 Å². The molecule has 0 amide bonds. The molecule has 90 valence electrons. The second kappa shape index (κ2) is 8.26. The summed E-state index contributed by atoms with van der Waals surface area (Å²) >= 11 is 0. The molecule has 2 N–H and O–H groups in total. The number of nitro benzene ring substituents is 3. The Morgan fingerprint density at radius 3 is 1.37 bits per heavy atom. The summed E-state index contributed by atoms with van der Waals surface area (Å²) in [5.41, 5.74) is -3.95. The molecule has 19 heavy (non-hydrogen) atoms. The first-order chi connectivity index (χ1) is 7.77. The zero-order valence-corrected chi connectivity index (χ0v) is 14.8. The van der Waals surface area contributed by atoms with Gasteiger partial charge in [0.25, 0.3) is 11.5 Å². The van der Waals surface area contributed by atoms with Crippen LogP contribution in [0.2, 0.25) is 0 Å². The molecule has 1 aromatic carbocycles. The maximum atomic E-state index is 10.4. The minimum absolute atomic E-state index is 0. The SMILES string of the molecule is O=[N+]([O-])c1cc([N+](=O)[O-])c(O)c([N+](=O)[O-])c1O.[Ca+2].[K+]. The Bertz CT molecular complexity index is 512. The fourth-order valence-corrected chi connectivity index (χ4v) is 1.07. The van der Waals surface area contributed by atoms with Crippen LogP contribution in [0.3, 0.4) is 0 Å². The third-order valence-corrected chi connectivity index (χ3v) is 1.78. The van der Waals surface area contributed by atoms with E-state index in [1.807, 2.05) is 0 Å². The Morgan fingerprint density at radius 1 is 0.842 bits per heavy atom. The molecule has 1 aromatic rings. The summed E-state index contributed by atoms with van der Waals surface area (Å²) in [6, 6.07) is 0.234. The van der Waals surface area contributed by atoms with Crippen LogP contribution in [0.5, 0.6) is 11.5 Å². The van der Waals surface area contributed by atoms with Crippen molar-refractivity contribution in [2.45, 2.75) is 0 Å². The Labute approximate surface area is 176 Å². The first-order valence-corrected chi connectivity index (χ1v) is 3.79. The summed E-state index contributed by atoms with van der Waals surface area (Å²) in [6.07, 6.45) is 0. The van der Waals surface area contributed by atoms with Gasteiger partial charge in [-0.3, -0.25) is 30.3 Å². The van der Waals surface area contributed by atoms with Crippen LogP contribution in [0, 0.1) is 30.3 Å². The monoisotopic (exact) mass is 324 g/mol. The molecule has 0 aliphatic carbocycles. The van der Waals surface area contributed by atoms with Gasteiger partial charge in [0.15, 0.2) is 0 Å². The summed E-state index contributed by atoms with van der Waals surface area (Å²) < 4.78 is 0. The molecular weight excluding hydrogens is 321 g/mol. The van der Waals surface area contributed by atoms with Crippen LogP contribution in [-0.2, 0) is 0 Å². The number of rotatable bonds is 3. The molecule has 13 heteroatoms. The van der Waals surface area contributed by atoms with Gasteiger partial charge in [0.1, 0.15) is 6.07 Å². The molecule has 0 unspecified atom stereocenters. The number of phenols is 2. The maximum absolute atomic E-state index is 10.4. The van der Waals surface area contributed by atoms with Crippen LogP contribution < -0.4 is 51.4 Å². The molecule has 0 aliphatic rings. The van der Waals surface area contributed by atoms with Crippen molar-refractivity contribution in [3.8, 4) is 11.5 Å². The van der Waals surface area contributed by atoms with Gasteiger partial charge in [-0.2, -0.15) is 0 Å². The quantitative estimate of drug-likeness (QED) is 0.347. The van der Waals surface area contributed by atoms with Gasteiger partial charge in [-0.05, 0) is 0 Å². The van der Waals surface area contributed by atoms with Crippen molar-refractivity contribution >= 4 is 54.8 Å². The van der Waals surface area contributed by atoms with Crippen molar-refractivity contribution in [2.75, 3.05) is 0 Å². The van der Waals surface area contributed by atoms with E-state index < -0.39 is 43.3 Å². The Kier molecular flexibility index (Phi) is 9.22. The van der Waals surface area contributed by atoms with Crippen LogP contribution in [0.15, 0.2) is 6.07 Å². The van der Waals surface area contributed by atoms with Crippen LogP contribution >= 0.6 is 0 Å². The number of hydrogen-bond acceptors (Lipinski definition) is 8. The molecular formula is C6H3CaKN3O8+3. The number of benzene rings is 1. The van der Waals surface area contributed by atoms with Crippen molar-refractivity contribution < 1.29 is 76.4 Å². The Morgan fingerprint density at radius 2 is 1.16 bits per heavy atom. The maximum Gasteiger partial charge on any atom is 2.00 e. The second-order valence-electron chi connectivity index (χ2n) is 2.73. The molecule has 0 aliphatic heterocycles. The summed E-state index contributed by atoms with van der Waals surface area (Å²) in [5, 5.41) is 49.5. The van der Waals surface area contributed by atoms with Crippen molar-refractivity contribution in [3.63, 3.8) is 0 Å². The molecule has 1 rings (SSSR count). The standard InChI is InChI=1S/C6H3N3O8.Ca.K/c10-5-2(7(12)13)1-3(8(14)15)6(11)4(5)9(16)17;;/h1,10-11H;;/q;+2;+1. The smallest absolute Gasteiger partial charge is 0.497 e. The van der Waals surface area contributed by atoms with Gasteiger partial charge in [0.2, 0.25) is 0 Å². The third-order valence-electron chi connectivity index (χ3n) is 1.78. The second-order valence-corrected chi connectivity index (χ2v) is 2.73. The average molecular weight is 324 g/mol. The van der Waals surface area contributed by atoms with Gasteiger partial charge >= 0.3 is 106 Å². The molecule has 0 atom stereocenters. The van der Waals surface area contributed by atoms with Gasteiger partial charge in [0.05, 0.1) is 14.8 Å². The first kappa shape index (κ1) is 21.2. The predicted octanol–water partition coefficient (Wildman–Crippen LogP) is -2.55. The third kappa shape index (κ3) is 4.46. The molecule has 0 heterocycles. The fourth-order valence-electron chi connectivity index (χ4n) is 1.07. The van der Waals surface area contributed by atoms with Gasteiger partial charge in [-0.1, -0.05) is 0 Å². The van der Waals surface area contributed by atoms with E-state index >= 15 is 0 Å². The molecule has 0 radical (unpaired) electrons. The average Bonchev–Trinajstić information content (AvgIpc) is 2.15. The van der Waals surface area contributed by atoms with Crippen molar-refractivity contribution in [2.24, 2.45) is 0 Å². The number of hydrogen-bond donors (Lipinski definition) is 2. The van der Waals surface area contributed by atoms with E-state index in [9.17, 15) is 30.3 Å². The van der Waals surface area contributed by atoms with Crippen molar-refractivity contribution in [1.82, 2.24) is 0 Å². The molecule has 0 bridgehead atoms. The van der Waals surface area contributed by atoms with E-state index in [0.29, 0.717) is 0 Å². The van der Waals surface area contributed by atoms with E-state index in [-0.39, 0.29) is 95.2 Å². The molecule has 11 nitrogen and oxygen atoms in total. The first-order valence-electron chi connectivity index (χ1n) is 3.79. The van der Waals surface area contributed by atoms with E-state index in [0.717, 1.165) is 0 Å². The summed E-state index contributed by atoms with van der Waals surface area (Å²) in [7, 11) is 0. The normalized spacial score (nSPS) is 8.84. The van der Waals surface area contributed by atoms with E-state index in [1.165, 1.54) is 0 Å². The predicted molar refractivity (Wildman–Crippen MR) is 55.5 cm³/mol. The molecule has 0 fully saturated rings. The minimum atomic E-state index is -1.48. The van der Waals surface area contributed by atoms with Crippen LogP contribution in [0.1, 0.15) is 0 Å². The van der Waals surface area contributed by atoms with Gasteiger partial charge in [0, 0.05) is 0 Å². The number of nitro groups is 3. The molecule has 0 spiro atoms. The van der Waals surface area contributed by atoms with Crippen LogP contribution in [0.4, 0.5) is 17.1 Å². The Balaban J connectivity index is 0. The molecule has 0 saturated carbocycles. The van der Waals surface area contributed by atoms with Crippen molar-refractivity contribution in [3.05, 3.63) is 36.4 Å². The van der Waals surface area contributed by atoms with Crippen LogP contribution in [0.25, 0.3) is 0 Å². The largest absolute Gasteiger partial charge is 2.00 e. The van der Waals surface area contributed by atoms with Crippen molar-refractivity contribution in [1.29, 1.82) is 0 Å². The van der Waals surface area contributed by atoms with Crippen LogP contribution in [-0.4, -0.2) is 62.7 Å². The van der Waals surface area contributed by atoms with E-state index in [1.54, 1.807) is 0 Å².